The van der Waals surface area contributed by atoms with Crippen LogP contribution in [0.15, 0.2) is 42.5 Å². The lowest BCUT2D eigenvalue weighted by molar-refractivity contribution is -0.127. The van der Waals surface area contributed by atoms with Crippen LogP contribution in [0.1, 0.15) is 11.1 Å². The van der Waals surface area contributed by atoms with E-state index in [1.165, 1.54) is 4.31 Å². The van der Waals surface area contributed by atoms with Gasteiger partial charge < -0.3 is 14.8 Å². The van der Waals surface area contributed by atoms with Crippen molar-refractivity contribution in [1.82, 2.24) is 5.32 Å². The number of hydrogen-bond acceptors (Lipinski definition) is 5. The summed E-state index contributed by atoms with van der Waals surface area (Å²) < 4.78 is 36.9. The van der Waals surface area contributed by atoms with Gasteiger partial charge >= 0.3 is 0 Å². The molecular weight excluding hydrogens is 380 g/mol. The van der Waals surface area contributed by atoms with E-state index < -0.39 is 16.1 Å². The highest BCUT2D eigenvalue weighted by atomic mass is 32.2. The number of ether oxygens (including phenoxy) is 2. The maximum atomic E-state index is 12.5. The average Bonchev–Trinajstić information content (AvgIpc) is 2.63. The Morgan fingerprint density at radius 1 is 1.21 bits per heavy atom. The van der Waals surface area contributed by atoms with Crippen LogP contribution >= 0.6 is 0 Å². The number of hydrogen-bond donors (Lipinski definition) is 1. The standard InChI is InChI=1S/C20H24N2O5S/c1-14-5-4-6-16(11-14)26-10-9-21-20(23)19-13-22(28(3,24)25)17-8-7-15(2)12-18(17)27-19/h4-8,11-12,19H,9-10,13H2,1-3H3,(H,21,23). The number of nitrogens with one attached hydrogen (secondary N) is 1. The van der Waals surface area contributed by atoms with Crippen LogP contribution in [0.4, 0.5) is 5.69 Å². The largest absolute Gasteiger partial charge is 0.492 e. The highest BCUT2D eigenvalue weighted by Crippen LogP contribution is 2.35. The van der Waals surface area contributed by atoms with Crippen molar-refractivity contribution in [1.29, 1.82) is 0 Å². The number of amides is 1. The zero-order chi connectivity index (χ0) is 20.3. The van der Waals surface area contributed by atoms with Crippen molar-refractivity contribution < 1.29 is 22.7 Å². The molecule has 3 rings (SSSR count). The summed E-state index contributed by atoms with van der Waals surface area (Å²) in [5.41, 5.74) is 2.45. The molecule has 1 aliphatic rings. The molecule has 0 bridgehead atoms. The Kier molecular flexibility index (Phi) is 5.79. The van der Waals surface area contributed by atoms with Crippen LogP contribution in [0.3, 0.4) is 0 Å². The SMILES string of the molecule is Cc1cccc(OCCNC(=O)C2CN(S(C)(=O)=O)c3ccc(C)cc3O2)c1. The number of nitrogens with zero attached hydrogens (tertiary/aromatic N) is 1. The van der Waals surface area contributed by atoms with Gasteiger partial charge in [-0.2, -0.15) is 0 Å². The van der Waals surface area contributed by atoms with E-state index in [-0.39, 0.29) is 19.0 Å². The Morgan fingerprint density at radius 2 is 1.96 bits per heavy atom. The fourth-order valence-corrected chi connectivity index (χ4v) is 3.89. The molecular formula is C20H24N2O5S. The fraction of sp³-hybridized carbons (Fsp3) is 0.350. The molecule has 2 aromatic rings. The zero-order valence-corrected chi connectivity index (χ0v) is 17.0. The van der Waals surface area contributed by atoms with Crippen molar-refractivity contribution in [2.45, 2.75) is 20.0 Å². The van der Waals surface area contributed by atoms with Gasteiger partial charge in [0.2, 0.25) is 10.0 Å². The quantitative estimate of drug-likeness (QED) is 0.745. The molecule has 1 aliphatic heterocycles. The lowest BCUT2D eigenvalue weighted by Crippen LogP contribution is -2.51. The molecule has 0 saturated carbocycles. The van der Waals surface area contributed by atoms with Gasteiger partial charge in [0.15, 0.2) is 6.10 Å². The Balaban J connectivity index is 1.62. The van der Waals surface area contributed by atoms with E-state index in [9.17, 15) is 13.2 Å². The molecule has 0 fully saturated rings. The van der Waals surface area contributed by atoms with Gasteiger partial charge in [-0.05, 0) is 49.2 Å². The molecule has 0 aromatic heterocycles. The summed E-state index contributed by atoms with van der Waals surface area (Å²) in [6.45, 7) is 4.36. The van der Waals surface area contributed by atoms with Crippen molar-refractivity contribution in [2.24, 2.45) is 0 Å². The summed E-state index contributed by atoms with van der Waals surface area (Å²) in [6, 6.07) is 12.9. The minimum atomic E-state index is -3.54. The van der Waals surface area contributed by atoms with E-state index in [1.807, 2.05) is 44.2 Å². The molecule has 2 aromatic carbocycles. The molecule has 1 unspecified atom stereocenters. The van der Waals surface area contributed by atoms with Gasteiger partial charge in [-0.1, -0.05) is 18.2 Å². The lowest BCUT2D eigenvalue weighted by atomic mass is 10.1. The molecule has 0 saturated heterocycles. The van der Waals surface area contributed by atoms with E-state index >= 15 is 0 Å². The number of aryl methyl sites for hydroxylation is 2. The monoisotopic (exact) mass is 404 g/mol. The fourth-order valence-electron chi connectivity index (χ4n) is 2.97. The summed E-state index contributed by atoms with van der Waals surface area (Å²) in [4.78, 5) is 12.5. The number of benzene rings is 2. The van der Waals surface area contributed by atoms with Crippen LogP contribution in [0, 0.1) is 13.8 Å². The van der Waals surface area contributed by atoms with Crippen molar-refractivity contribution >= 4 is 21.6 Å². The Bertz CT molecular complexity index is 974. The lowest BCUT2D eigenvalue weighted by Gasteiger charge is -2.34. The summed E-state index contributed by atoms with van der Waals surface area (Å²) in [7, 11) is -3.54. The maximum absolute atomic E-state index is 12.5. The van der Waals surface area contributed by atoms with E-state index in [2.05, 4.69) is 5.32 Å². The minimum Gasteiger partial charge on any atom is -0.492 e. The topological polar surface area (TPSA) is 84.9 Å². The minimum absolute atomic E-state index is 0.0700. The van der Waals surface area contributed by atoms with Gasteiger partial charge in [0, 0.05) is 0 Å². The number of anilines is 1. The van der Waals surface area contributed by atoms with Crippen molar-refractivity contribution in [3.63, 3.8) is 0 Å². The van der Waals surface area contributed by atoms with E-state index in [0.29, 0.717) is 18.0 Å². The Morgan fingerprint density at radius 3 is 2.68 bits per heavy atom. The van der Waals surface area contributed by atoms with Crippen molar-refractivity contribution in [3.05, 3.63) is 53.6 Å². The van der Waals surface area contributed by atoms with Gasteiger partial charge in [-0.15, -0.1) is 0 Å². The van der Waals surface area contributed by atoms with Gasteiger partial charge in [0.25, 0.3) is 5.91 Å². The van der Waals surface area contributed by atoms with Crippen LogP contribution < -0.4 is 19.1 Å². The molecule has 1 atom stereocenters. The van der Waals surface area contributed by atoms with E-state index in [1.54, 1.807) is 12.1 Å². The zero-order valence-electron chi connectivity index (χ0n) is 16.1. The van der Waals surface area contributed by atoms with Crippen LogP contribution in [-0.2, 0) is 14.8 Å². The van der Waals surface area contributed by atoms with E-state index in [0.717, 1.165) is 23.1 Å². The van der Waals surface area contributed by atoms with Crippen LogP contribution in [-0.4, -0.2) is 46.4 Å². The Hall–Kier alpha value is -2.74. The molecule has 0 aliphatic carbocycles. The highest BCUT2D eigenvalue weighted by molar-refractivity contribution is 7.92. The van der Waals surface area contributed by atoms with E-state index in [4.69, 9.17) is 9.47 Å². The second-order valence-corrected chi connectivity index (χ2v) is 8.73. The van der Waals surface area contributed by atoms with Gasteiger partial charge in [0.05, 0.1) is 25.0 Å². The number of sulfonamides is 1. The summed E-state index contributed by atoms with van der Waals surface area (Å²) >= 11 is 0. The molecule has 8 heteroatoms. The first kappa shape index (κ1) is 20.0. The molecule has 1 heterocycles. The normalized spacial score (nSPS) is 16.1. The predicted molar refractivity (Wildman–Crippen MR) is 107 cm³/mol. The molecule has 1 amide bonds. The number of rotatable bonds is 6. The third-order valence-corrected chi connectivity index (χ3v) is 5.48. The Labute approximate surface area is 165 Å². The van der Waals surface area contributed by atoms with Crippen molar-refractivity contribution in [2.75, 3.05) is 30.3 Å². The first-order chi connectivity index (χ1) is 13.2. The van der Waals surface area contributed by atoms with Gasteiger partial charge in [-0.25, -0.2) is 8.42 Å². The molecule has 150 valence electrons. The summed E-state index contributed by atoms with van der Waals surface area (Å²) in [5, 5.41) is 2.74. The smallest absolute Gasteiger partial charge is 0.263 e. The second kappa shape index (κ2) is 8.10. The third kappa shape index (κ3) is 4.75. The molecule has 28 heavy (non-hydrogen) atoms. The van der Waals surface area contributed by atoms with Crippen LogP contribution in [0.2, 0.25) is 0 Å². The highest BCUT2D eigenvalue weighted by Gasteiger charge is 2.34. The summed E-state index contributed by atoms with van der Waals surface area (Å²) in [6.07, 6.45) is 0.190. The van der Waals surface area contributed by atoms with Crippen LogP contribution in [0.5, 0.6) is 11.5 Å². The second-order valence-electron chi connectivity index (χ2n) is 6.83. The molecule has 0 spiro atoms. The summed E-state index contributed by atoms with van der Waals surface area (Å²) in [5.74, 6) is 0.734. The maximum Gasteiger partial charge on any atom is 0.263 e. The third-order valence-electron chi connectivity index (χ3n) is 4.34. The average molecular weight is 404 g/mol. The first-order valence-electron chi connectivity index (χ1n) is 8.96. The number of carbonyl (C=O) groups is 1. The predicted octanol–water partition coefficient (Wildman–Crippen LogP) is 2.03. The molecule has 1 N–H and O–H groups in total. The molecule has 7 nitrogen and oxygen atoms in total. The van der Waals surface area contributed by atoms with Crippen molar-refractivity contribution in [3.8, 4) is 11.5 Å². The first-order valence-corrected chi connectivity index (χ1v) is 10.8. The number of fused-ring (bicyclic) bond motifs is 1. The van der Waals surface area contributed by atoms with Gasteiger partial charge in [-0.3, -0.25) is 9.10 Å². The van der Waals surface area contributed by atoms with Gasteiger partial charge in [0.1, 0.15) is 18.1 Å². The van der Waals surface area contributed by atoms with Crippen LogP contribution in [0.25, 0.3) is 0 Å². The number of carbonyl (C=O) groups excluding carboxylic acids is 1. The molecule has 0 radical (unpaired) electrons.